The molecule has 1 aromatic heterocycles. The number of hydrogen-bond donors (Lipinski definition) is 2. The number of benzene rings is 1. The monoisotopic (exact) mass is 342 g/mol. The van der Waals surface area contributed by atoms with Crippen LogP contribution in [0, 0.1) is 17.0 Å². The molecule has 0 atom stereocenters. The third-order valence-corrected chi connectivity index (χ3v) is 4.40. The molecule has 1 aliphatic rings. The molecule has 25 heavy (non-hydrogen) atoms. The molecule has 8 nitrogen and oxygen atoms in total. The lowest BCUT2D eigenvalue weighted by atomic mass is 10.0. The third-order valence-electron chi connectivity index (χ3n) is 4.40. The molecule has 2 heterocycles. The second-order valence-corrected chi connectivity index (χ2v) is 6.41. The quantitative estimate of drug-likeness (QED) is 0.634. The van der Waals surface area contributed by atoms with Crippen LogP contribution in [0.15, 0.2) is 30.5 Å². The number of aromatic nitrogens is 2. The van der Waals surface area contributed by atoms with Crippen molar-refractivity contribution in [2.75, 3.05) is 24.1 Å². The van der Waals surface area contributed by atoms with E-state index in [2.05, 4.69) is 51.4 Å². The van der Waals surface area contributed by atoms with Crippen LogP contribution in [0.5, 0.6) is 0 Å². The third kappa shape index (κ3) is 4.42. The molecule has 1 saturated heterocycles. The Bertz CT molecular complexity index is 759. The van der Waals surface area contributed by atoms with E-state index in [1.807, 2.05) is 0 Å². The first-order valence-corrected chi connectivity index (χ1v) is 8.32. The average molecular weight is 342 g/mol. The molecule has 0 saturated carbocycles. The highest BCUT2D eigenvalue weighted by Crippen LogP contribution is 2.21. The topological polar surface area (TPSA) is 110 Å². The SMILES string of the molecule is Cc1cccc(CN2CCC(Nc3ncc([N+](=O)[O-])c(N)n3)CC2)c1. The molecule has 1 aliphatic heterocycles. The van der Waals surface area contributed by atoms with Crippen molar-refractivity contribution in [1.29, 1.82) is 0 Å². The Labute approximate surface area is 146 Å². The predicted octanol–water partition coefficient (Wildman–Crippen LogP) is 2.35. The fourth-order valence-corrected chi connectivity index (χ4v) is 3.09. The molecule has 0 amide bonds. The lowest BCUT2D eigenvalue weighted by Gasteiger charge is -2.32. The van der Waals surface area contributed by atoms with E-state index in [1.54, 1.807) is 0 Å². The summed E-state index contributed by atoms with van der Waals surface area (Å²) in [6.07, 6.45) is 3.08. The minimum Gasteiger partial charge on any atom is -0.378 e. The molecule has 1 aromatic carbocycles. The van der Waals surface area contributed by atoms with Gasteiger partial charge < -0.3 is 11.1 Å². The Kier molecular flexibility index (Phi) is 5.08. The smallest absolute Gasteiger partial charge is 0.329 e. The lowest BCUT2D eigenvalue weighted by Crippen LogP contribution is -2.39. The van der Waals surface area contributed by atoms with Gasteiger partial charge in [0.2, 0.25) is 11.8 Å². The number of nitrogen functional groups attached to an aromatic ring is 1. The summed E-state index contributed by atoms with van der Waals surface area (Å²) in [5, 5.41) is 14.0. The van der Waals surface area contributed by atoms with Crippen molar-refractivity contribution in [3.63, 3.8) is 0 Å². The maximum Gasteiger partial charge on any atom is 0.329 e. The van der Waals surface area contributed by atoms with Crippen LogP contribution in [0.4, 0.5) is 17.5 Å². The number of nitro groups is 1. The van der Waals surface area contributed by atoms with E-state index in [0.29, 0.717) is 5.95 Å². The van der Waals surface area contributed by atoms with Crippen LogP contribution in [0.1, 0.15) is 24.0 Å². The number of rotatable bonds is 5. The zero-order chi connectivity index (χ0) is 17.8. The summed E-state index contributed by atoms with van der Waals surface area (Å²) in [7, 11) is 0. The molecule has 3 rings (SSSR count). The van der Waals surface area contributed by atoms with Gasteiger partial charge in [-0.15, -0.1) is 0 Å². The molecule has 0 unspecified atom stereocenters. The van der Waals surface area contributed by atoms with Crippen LogP contribution in [0.25, 0.3) is 0 Å². The van der Waals surface area contributed by atoms with E-state index in [9.17, 15) is 10.1 Å². The standard InChI is InChI=1S/C17H22N6O2/c1-12-3-2-4-13(9-12)11-22-7-5-14(6-8-22)20-17-19-10-15(23(24)25)16(18)21-17/h2-4,9-10,14H,5-8,11H2,1H3,(H3,18,19,20,21). The van der Waals surface area contributed by atoms with E-state index < -0.39 is 4.92 Å². The number of hydrogen-bond acceptors (Lipinski definition) is 7. The Balaban J connectivity index is 1.52. The van der Waals surface area contributed by atoms with Gasteiger partial charge in [0.1, 0.15) is 6.20 Å². The molecule has 1 fully saturated rings. The van der Waals surface area contributed by atoms with E-state index in [1.165, 1.54) is 11.1 Å². The number of nitrogens with one attached hydrogen (secondary N) is 1. The molecule has 2 aromatic rings. The van der Waals surface area contributed by atoms with Crippen LogP contribution in [0.2, 0.25) is 0 Å². The molecular formula is C17H22N6O2. The molecular weight excluding hydrogens is 320 g/mol. The van der Waals surface area contributed by atoms with E-state index in [-0.39, 0.29) is 17.5 Å². The minimum atomic E-state index is -0.580. The highest BCUT2D eigenvalue weighted by molar-refractivity contribution is 5.53. The van der Waals surface area contributed by atoms with Crippen molar-refractivity contribution in [2.45, 2.75) is 32.4 Å². The molecule has 0 aliphatic carbocycles. The van der Waals surface area contributed by atoms with Crippen molar-refractivity contribution in [2.24, 2.45) is 0 Å². The first kappa shape index (κ1) is 17.1. The lowest BCUT2D eigenvalue weighted by molar-refractivity contribution is -0.384. The maximum absolute atomic E-state index is 10.7. The van der Waals surface area contributed by atoms with Crippen LogP contribution in [0.3, 0.4) is 0 Å². The fourth-order valence-electron chi connectivity index (χ4n) is 3.09. The van der Waals surface area contributed by atoms with Crippen molar-refractivity contribution < 1.29 is 4.92 Å². The number of aryl methyl sites for hydroxylation is 1. The zero-order valence-corrected chi connectivity index (χ0v) is 14.2. The van der Waals surface area contributed by atoms with Crippen molar-refractivity contribution in [3.05, 3.63) is 51.7 Å². The van der Waals surface area contributed by atoms with Gasteiger partial charge in [0.05, 0.1) is 4.92 Å². The van der Waals surface area contributed by atoms with Crippen LogP contribution in [-0.2, 0) is 6.54 Å². The van der Waals surface area contributed by atoms with Gasteiger partial charge in [-0.3, -0.25) is 15.0 Å². The highest BCUT2D eigenvalue weighted by Gasteiger charge is 2.21. The first-order valence-electron chi connectivity index (χ1n) is 8.32. The molecule has 132 valence electrons. The number of nitrogens with two attached hydrogens (primary N) is 1. The molecule has 8 heteroatoms. The average Bonchev–Trinajstić information content (AvgIpc) is 2.56. The fraction of sp³-hybridized carbons (Fsp3) is 0.412. The summed E-state index contributed by atoms with van der Waals surface area (Å²) in [6, 6.07) is 8.82. The second kappa shape index (κ2) is 7.43. The van der Waals surface area contributed by atoms with Gasteiger partial charge in [0, 0.05) is 25.7 Å². The van der Waals surface area contributed by atoms with Gasteiger partial charge in [0.25, 0.3) is 0 Å². The van der Waals surface area contributed by atoms with Gasteiger partial charge in [-0.25, -0.2) is 4.98 Å². The van der Waals surface area contributed by atoms with Gasteiger partial charge >= 0.3 is 5.69 Å². The summed E-state index contributed by atoms with van der Waals surface area (Å²) < 4.78 is 0. The van der Waals surface area contributed by atoms with Gasteiger partial charge in [-0.2, -0.15) is 4.98 Å². The van der Waals surface area contributed by atoms with Crippen molar-refractivity contribution >= 4 is 17.5 Å². The number of piperidine rings is 1. The molecule has 0 radical (unpaired) electrons. The minimum absolute atomic E-state index is 0.112. The Morgan fingerprint density at radius 1 is 1.40 bits per heavy atom. The van der Waals surface area contributed by atoms with Crippen molar-refractivity contribution in [1.82, 2.24) is 14.9 Å². The maximum atomic E-state index is 10.7. The summed E-state index contributed by atoms with van der Waals surface area (Å²) >= 11 is 0. The molecule has 0 bridgehead atoms. The van der Waals surface area contributed by atoms with Gasteiger partial charge in [-0.1, -0.05) is 29.8 Å². The molecule has 0 spiro atoms. The highest BCUT2D eigenvalue weighted by atomic mass is 16.6. The predicted molar refractivity (Wildman–Crippen MR) is 96.2 cm³/mol. The second-order valence-electron chi connectivity index (χ2n) is 6.41. The first-order chi connectivity index (χ1) is 12.0. The van der Waals surface area contributed by atoms with E-state index >= 15 is 0 Å². The van der Waals surface area contributed by atoms with Crippen LogP contribution < -0.4 is 11.1 Å². The summed E-state index contributed by atoms with van der Waals surface area (Å²) in [5.74, 6) is 0.236. The zero-order valence-electron chi connectivity index (χ0n) is 14.2. The Morgan fingerprint density at radius 2 is 2.16 bits per heavy atom. The normalized spacial score (nSPS) is 15.9. The Morgan fingerprint density at radius 3 is 2.80 bits per heavy atom. The summed E-state index contributed by atoms with van der Waals surface area (Å²) in [6.45, 7) is 5.02. The van der Waals surface area contributed by atoms with E-state index in [0.717, 1.165) is 38.7 Å². The summed E-state index contributed by atoms with van der Waals surface area (Å²) in [5.41, 5.74) is 7.95. The van der Waals surface area contributed by atoms with Crippen LogP contribution in [-0.4, -0.2) is 38.9 Å². The van der Waals surface area contributed by atoms with Crippen molar-refractivity contribution in [3.8, 4) is 0 Å². The Hall–Kier alpha value is -2.74. The van der Waals surface area contributed by atoms with Gasteiger partial charge in [0.15, 0.2) is 0 Å². The number of nitrogens with zero attached hydrogens (tertiary/aromatic N) is 4. The van der Waals surface area contributed by atoms with Crippen LogP contribution >= 0.6 is 0 Å². The van der Waals surface area contributed by atoms with Gasteiger partial charge in [-0.05, 0) is 25.3 Å². The molecule has 3 N–H and O–H groups in total. The largest absolute Gasteiger partial charge is 0.378 e. The number of anilines is 2. The summed E-state index contributed by atoms with van der Waals surface area (Å²) in [4.78, 5) is 20.6. The van der Waals surface area contributed by atoms with E-state index in [4.69, 9.17) is 5.73 Å². The number of likely N-dealkylation sites (tertiary alicyclic amines) is 1.